The first kappa shape index (κ1) is 21.6. The summed E-state index contributed by atoms with van der Waals surface area (Å²) in [4.78, 5) is 14.9. The van der Waals surface area contributed by atoms with Gasteiger partial charge in [-0.3, -0.25) is 9.69 Å². The monoisotopic (exact) mass is 435 g/mol. The summed E-state index contributed by atoms with van der Waals surface area (Å²) in [5, 5.41) is 10.1. The van der Waals surface area contributed by atoms with Gasteiger partial charge in [0.2, 0.25) is 0 Å². The average molecular weight is 435 g/mol. The Morgan fingerprint density at radius 2 is 1.91 bits per heavy atom. The number of ether oxygens (including phenoxy) is 1. The van der Waals surface area contributed by atoms with Crippen molar-refractivity contribution in [3.05, 3.63) is 82.3 Å². The van der Waals surface area contributed by atoms with Gasteiger partial charge in [-0.25, -0.2) is 8.78 Å². The fourth-order valence-corrected chi connectivity index (χ4v) is 4.66. The Hall–Kier alpha value is -3.66. The fourth-order valence-electron chi connectivity index (χ4n) is 4.66. The van der Waals surface area contributed by atoms with Crippen LogP contribution in [-0.4, -0.2) is 12.9 Å². The number of allylic oxidation sites excluding steroid dienone is 3. The van der Waals surface area contributed by atoms with Crippen LogP contribution in [0.15, 0.2) is 65.1 Å². The number of para-hydroxylation sites is 1. The zero-order valence-corrected chi connectivity index (χ0v) is 18.1. The molecule has 4 rings (SSSR count). The molecular weight excluding hydrogens is 412 g/mol. The third-order valence-corrected chi connectivity index (χ3v) is 5.98. The van der Waals surface area contributed by atoms with E-state index in [0.29, 0.717) is 29.0 Å². The molecule has 2 aromatic rings. The molecule has 7 heteroatoms. The minimum Gasteiger partial charge on any atom is -0.496 e. The van der Waals surface area contributed by atoms with Crippen molar-refractivity contribution in [2.75, 3.05) is 12.0 Å². The Labute approximate surface area is 185 Å². The van der Waals surface area contributed by atoms with Gasteiger partial charge in [0.1, 0.15) is 23.2 Å². The van der Waals surface area contributed by atoms with Crippen LogP contribution in [0.2, 0.25) is 0 Å². The molecule has 0 fully saturated rings. The molecule has 1 heterocycles. The Morgan fingerprint density at radius 3 is 2.56 bits per heavy atom. The second-order valence-corrected chi connectivity index (χ2v) is 8.82. The van der Waals surface area contributed by atoms with E-state index in [1.54, 1.807) is 24.3 Å². The third kappa shape index (κ3) is 3.42. The molecule has 0 saturated carbocycles. The number of benzene rings is 2. The summed E-state index contributed by atoms with van der Waals surface area (Å²) in [7, 11) is 1.52. The quantitative estimate of drug-likeness (QED) is 0.741. The van der Waals surface area contributed by atoms with Crippen LogP contribution >= 0.6 is 0 Å². The van der Waals surface area contributed by atoms with Crippen LogP contribution in [0.3, 0.4) is 0 Å². The Morgan fingerprint density at radius 1 is 1.19 bits per heavy atom. The molecule has 0 bridgehead atoms. The summed E-state index contributed by atoms with van der Waals surface area (Å²) in [5.41, 5.74) is 7.72. The molecule has 1 atom stereocenters. The van der Waals surface area contributed by atoms with Crippen molar-refractivity contribution in [1.29, 1.82) is 5.26 Å². The molecule has 164 valence electrons. The zero-order chi connectivity index (χ0) is 23.2. The molecule has 0 amide bonds. The predicted octanol–water partition coefficient (Wildman–Crippen LogP) is 4.91. The van der Waals surface area contributed by atoms with E-state index in [-0.39, 0.29) is 29.3 Å². The van der Waals surface area contributed by atoms with Gasteiger partial charge in [0.05, 0.1) is 30.4 Å². The van der Waals surface area contributed by atoms with Gasteiger partial charge < -0.3 is 10.5 Å². The maximum Gasteiger partial charge on any atom is 0.162 e. The van der Waals surface area contributed by atoms with E-state index in [2.05, 4.69) is 6.07 Å². The number of hydrogen-bond donors (Lipinski definition) is 1. The topological polar surface area (TPSA) is 79.3 Å². The van der Waals surface area contributed by atoms with Crippen molar-refractivity contribution in [1.82, 2.24) is 0 Å². The maximum absolute atomic E-state index is 14.9. The van der Waals surface area contributed by atoms with Crippen molar-refractivity contribution in [3.63, 3.8) is 0 Å². The SMILES string of the molecule is COc1ccccc1C1C(C#N)=C(N)N(c2ccc(F)cc2F)C2=C1C(=O)CC(C)(C)C2. The summed E-state index contributed by atoms with van der Waals surface area (Å²) in [5.74, 6) is -1.91. The number of methoxy groups -OCH3 is 1. The van der Waals surface area contributed by atoms with Gasteiger partial charge in [0, 0.05) is 29.3 Å². The number of carbonyl (C=O) groups excluding carboxylic acids is 1. The minimum atomic E-state index is -0.830. The summed E-state index contributed by atoms with van der Waals surface area (Å²) in [6, 6.07) is 12.4. The fraction of sp³-hybridized carbons (Fsp3) is 0.280. The number of hydrogen-bond acceptors (Lipinski definition) is 5. The van der Waals surface area contributed by atoms with E-state index in [4.69, 9.17) is 10.5 Å². The largest absolute Gasteiger partial charge is 0.496 e. The van der Waals surface area contributed by atoms with Gasteiger partial charge in [0.25, 0.3) is 0 Å². The van der Waals surface area contributed by atoms with Crippen LogP contribution in [0.25, 0.3) is 0 Å². The molecule has 5 nitrogen and oxygen atoms in total. The Balaban J connectivity index is 2.05. The molecule has 1 aliphatic carbocycles. The van der Waals surface area contributed by atoms with Gasteiger partial charge >= 0.3 is 0 Å². The number of Topliss-reactive ketones (excluding diaryl/α,β-unsaturated/α-hetero) is 1. The lowest BCUT2D eigenvalue weighted by Crippen LogP contribution is -2.42. The van der Waals surface area contributed by atoms with E-state index in [1.165, 1.54) is 18.1 Å². The highest BCUT2D eigenvalue weighted by atomic mass is 19.1. The van der Waals surface area contributed by atoms with Crippen molar-refractivity contribution in [2.45, 2.75) is 32.6 Å². The number of nitriles is 1. The first-order valence-electron chi connectivity index (χ1n) is 10.2. The lowest BCUT2D eigenvalue weighted by atomic mass is 9.68. The summed E-state index contributed by atoms with van der Waals surface area (Å²) < 4.78 is 34.0. The van der Waals surface area contributed by atoms with E-state index in [9.17, 15) is 18.8 Å². The number of carbonyl (C=O) groups is 1. The minimum absolute atomic E-state index is 0.00636. The highest BCUT2D eigenvalue weighted by Gasteiger charge is 2.45. The maximum atomic E-state index is 14.9. The second kappa shape index (κ2) is 7.79. The van der Waals surface area contributed by atoms with E-state index in [0.717, 1.165) is 12.1 Å². The number of rotatable bonds is 3. The van der Waals surface area contributed by atoms with Gasteiger partial charge in [-0.05, 0) is 30.0 Å². The number of ketones is 1. The van der Waals surface area contributed by atoms with Gasteiger partial charge in [-0.15, -0.1) is 0 Å². The van der Waals surface area contributed by atoms with Crippen molar-refractivity contribution < 1.29 is 18.3 Å². The zero-order valence-electron chi connectivity index (χ0n) is 18.1. The molecule has 1 aliphatic heterocycles. The second-order valence-electron chi connectivity index (χ2n) is 8.82. The summed E-state index contributed by atoms with van der Waals surface area (Å²) in [6.07, 6.45) is 0.700. The molecule has 2 aromatic carbocycles. The van der Waals surface area contributed by atoms with Crippen LogP contribution in [0.5, 0.6) is 5.75 Å². The van der Waals surface area contributed by atoms with Crippen LogP contribution < -0.4 is 15.4 Å². The summed E-state index contributed by atoms with van der Waals surface area (Å²) in [6.45, 7) is 3.90. The number of nitrogens with zero attached hydrogens (tertiary/aromatic N) is 2. The molecule has 2 aliphatic rings. The van der Waals surface area contributed by atoms with Crippen molar-refractivity contribution in [3.8, 4) is 11.8 Å². The van der Waals surface area contributed by atoms with Crippen molar-refractivity contribution in [2.24, 2.45) is 11.1 Å². The highest BCUT2D eigenvalue weighted by Crippen LogP contribution is 2.51. The van der Waals surface area contributed by atoms with Crippen LogP contribution in [0, 0.1) is 28.4 Å². The highest BCUT2D eigenvalue weighted by molar-refractivity contribution is 6.01. The Kier molecular flexibility index (Phi) is 5.25. The van der Waals surface area contributed by atoms with Gasteiger partial charge in [-0.1, -0.05) is 32.0 Å². The molecule has 0 saturated heterocycles. The molecule has 0 radical (unpaired) electrons. The number of halogens is 2. The molecular formula is C25H23F2N3O2. The van der Waals surface area contributed by atoms with E-state index in [1.807, 2.05) is 13.8 Å². The van der Waals surface area contributed by atoms with Crippen LogP contribution in [0.4, 0.5) is 14.5 Å². The predicted molar refractivity (Wildman–Crippen MR) is 116 cm³/mol. The Bertz CT molecular complexity index is 1220. The average Bonchev–Trinajstić information content (AvgIpc) is 2.73. The van der Waals surface area contributed by atoms with E-state index >= 15 is 0 Å². The number of anilines is 1. The first-order chi connectivity index (χ1) is 15.2. The molecule has 0 spiro atoms. The lowest BCUT2D eigenvalue weighted by molar-refractivity contribution is -0.118. The first-order valence-corrected chi connectivity index (χ1v) is 10.2. The lowest BCUT2D eigenvalue weighted by Gasteiger charge is -2.43. The molecule has 2 N–H and O–H groups in total. The third-order valence-electron chi connectivity index (χ3n) is 5.98. The van der Waals surface area contributed by atoms with Gasteiger partial charge in [-0.2, -0.15) is 5.26 Å². The van der Waals surface area contributed by atoms with Crippen LogP contribution in [-0.2, 0) is 4.79 Å². The normalized spacial score (nSPS) is 20.2. The molecule has 1 unspecified atom stereocenters. The van der Waals surface area contributed by atoms with E-state index < -0.39 is 23.0 Å². The van der Waals surface area contributed by atoms with Crippen molar-refractivity contribution >= 4 is 11.5 Å². The molecule has 32 heavy (non-hydrogen) atoms. The summed E-state index contributed by atoms with van der Waals surface area (Å²) >= 11 is 0. The van der Waals surface area contributed by atoms with Gasteiger partial charge in [0.15, 0.2) is 5.78 Å². The standard InChI is InChI=1S/C25H23F2N3O2/c1-25(2)11-19-23(20(31)12-25)22(15-6-4-5-7-21(15)32-3)16(13-28)24(29)30(19)18-9-8-14(26)10-17(18)27/h4-10,22H,11-12,29H2,1-3H3. The smallest absolute Gasteiger partial charge is 0.162 e. The van der Waals surface area contributed by atoms with Crippen LogP contribution in [0.1, 0.15) is 38.2 Å². The number of nitrogens with two attached hydrogens (primary N) is 1. The molecule has 0 aromatic heterocycles.